The first-order valence-corrected chi connectivity index (χ1v) is 15.6. The number of rotatable bonds is 2. The van der Waals surface area contributed by atoms with Gasteiger partial charge in [0.1, 0.15) is 0 Å². The number of carbonyl (C=O) groups excluding carboxylic acids is 2. The average molecular weight is 297 g/mol. The van der Waals surface area contributed by atoms with Crippen molar-refractivity contribution in [3.63, 3.8) is 0 Å². The summed E-state index contributed by atoms with van der Waals surface area (Å²) >= 11 is 0. The molecule has 99 valence electrons. The van der Waals surface area contributed by atoms with Gasteiger partial charge < -0.3 is 0 Å². The molecular weight excluding hydrogens is 283 g/mol. The molecule has 0 aromatic carbocycles. The van der Waals surface area contributed by atoms with Gasteiger partial charge in [-0.05, 0) is 0 Å². The van der Waals surface area contributed by atoms with Gasteiger partial charge in [0.05, 0.1) is 0 Å². The van der Waals surface area contributed by atoms with Gasteiger partial charge in [0.2, 0.25) is 0 Å². The summed E-state index contributed by atoms with van der Waals surface area (Å²) in [4.78, 5) is 25.4. The van der Waals surface area contributed by atoms with Crippen molar-refractivity contribution in [1.82, 2.24) is 0 Å². The van der Waals surface area contributed by atoms with E-state index in [1.807, 2.05) is 0 Å². The molecule has 0 aliphatic carbocycles. The molecule has 10 saturated heterocycles. The monoisotopic (exact) mass is 297 g/mol. The fraction of sp³-hybridized carbons (Fsp3) is 0.857. The third-order valence-corrected chi connectivity index (χ3v) is 73.3. The van der Waals surface area contributed by atoms with Gasteiger partial charge in [0.25, 0.3) is 0 Å². The second-order valence-electron chi connectivity index (χ2n) is 12.7. The summed E-state index contributed by atoms with van der Waals surface area (Å²) in [6, 6.07) is 0. The van der Waals surface area contributed by atoms with Crippen LogP contribution in [0.2, 0.25) is 45.3 Å². The minimum atomic E-state index is -4.22. The van der Waals surface area contributed by atoms with Crippen LogP contribution in [0.5, 0.6) is 0 Å². The fourth-order valence-corrected chi connectivity index (χ4v) is 127. The Morgan fingerprint density at radius 1 is 0.789 bits per heavy atom. The Morgan fingerprint density at radius 2 is 1.11 bits per heavy atom. The van der Waals surface area contributed by atoms with Gasteiger partial charge in [0, 0.05) is 0 Å². The molecule has 0 amide bonds. The number of hydrogen-bond donors (Lipinski definition) is 0. The van der Waals surface area contributed by atoms with Gasteiger partial charge >= 0.3 is 97.8 Å². The molecular formula is C14H14O4V. The molecule has 10 fully saturated rings. The molecule has 0 saturated carbocycles. The summed E-state index contributed by atoms with van der Waals surface area (Å²) in [5.41, 5.74) is 0. The Hall–Kier alpha value is -0.476. The van der Waals surface area contributed by atoms with E-state index in [1.165, 1.54) is 0 Å². The Kier molecular flexibility index (Phi) is 0.241. The van der Waals surface area contributed by atoms with E-state index in [-0.39, 0.29) is 20.2 Å². The molecule has 5 heteroatoms. The van der Waals surface area contributed by atoms with Gasteiger partial charge in [0.15, 0.2) is 0 Å². The van der Waals surface area contributed by atoms with E-state index in [1.54, 1.807) is 14.2 Å². The molecule has 10 aliphatic heterocycles. The maximum absolute atomic E-state index is 12.7. The van der Waals surface area contributed by atoms with Crippen LogP contribution < -0.4 is 0 Å². The first-order valence-electron chi connectivity index (χ1n) is 7.80. The van der Waals surface area contributed by atoms with E-state index in [0.29, 0.717) is 0 Å². The van der Waals surface area contributed by atoms with E-state index < -0.39 is 7.25 Å². The quantitative estimate of drug-likeness (QED) is 0.735. The zero-order valence-electron chi connectivity index (χ0n) is 10.7. The van der Waals surface area contributed by atoms with Gasteiger partial charge in [-0.3, -0.25) is 0 Å². The van der Waals surface area contributed by atoms with Crippen molar-refractivity contribution in [2.45, 2.75) is 45.3 Å². The molecule has 0 bridgehead atoms. The molecule has 1 spiro atoms. The Balaban J connectivity index is 1.60. The predicted molar refractivity (Wildman–Crippen MR) is 59.4 cm³/mol. The molecule has 10 aliphatic rings. The summed E-state index contributed by atoms with van der Waals surface area (Å²) in [6.07, 6.45) is 0. The molecule has 10 heterocycles. The van der Waals surface area contributed by atoms with Gasteiger partial charge in [-0.2, -0.15) is 0 Å². The van der Waals surface area contributed by atoms with Crippen molar-refractivity contribution in [2.24, 2.45) is 0 Å². The number of esters is 2. The summed E-state index contributed by atoms with van der Waals surface area (Å²) < 4.78 is 17.2. The average Bonchev–Trinajstić information content (AvgIpc) is 3.37. The number of fused-ring (bicyclic) bond motifs is 10. The molecule has 8 unspecified atom stereocenters. The van der Waals surface area contributed by atoms with Crippen LogP contribution in [-0.4, -0.2) is 26.2 Å². The normalized spacial score (nSPS) is 111. The fourth-order valence-electron chi connectivity index (χ4n) is 23.0. The number of methoxy groups -OCH3 is 2. The van der Waals surface area contributed by atoms with Crippen LogP contribution in [0.4, 0.5) is 0 Å². The molecule has 4 nitrogen and oxygen atoms in total. The predicted octanol–water partition coefficient (Wildman–Crippen LogP) is 2.46. The first-order chi connectivity index (χ1) is 8.89. The minimum absolute atomic E-state index is 0.00222. The van der Waals surface area contributed by atoms with Crippen LogP contribution in [-0.2, 0) is 26.3 Å². The van der Waals surface area contributed by atoms with E-state index in [9.17, 15) is 9.59 Å². The van der Waals surface area contributed by atoms with E-state index in [2.05, 4.69) is 0 Å². The Bertz CT molecular complexity index is 1030. The Labute approximate surface area is 97.8 Å². The number of carbonyl (C=O) groups is 2. The SMILES string of the molecule is COC(=O)[C]12[CH]3[CH]4[CH]5[CH]1[V]45321678[CH]2[CH]1[CH]6[C]7(C(=O)OC)[CH]28. The summed E-state index contributed by atoms with van der Waals surface area (Å²) in [5.74, 6) is 0.243. The van der Waals surface area contributed by atoms with Gasteiger partial charge in [-0.1, -0.05) is 0 Å². The zero-order valence-corrected chi connectivity index (χ0v) is 12.1. The topological polar surface area (TPSA) is 52.6 Å². The van der Waals surface area contributed by atoms with Crippen LogP contribution in [0, 0.1) is 0 Å². The van der Waals surface area contributed by atoms with Crippen molar-refractivity contribution in [3.8, 4) is 0 Å². The second kappa shape index (κ2) is 0.611. The third kappa shape index (κ3) is 0.0724. The number of hydrogen-bond acceptors (Lipinski definition) is 4. The molecule has 0 N–H and O–H groups in total. The molecule has 0 radical (unpaired) electrons. The molecule has 8 atom stereocenters. The van der Waals surface area contributed by atoms with Crippen LogP contribution in [0.15, 0.2) is 0 Å². The zero-order chi connectivity index (χ0) is 12.5. The number of ether oxygens (including phenoxy) is 2. The van der Waals surface area contributed by atoms with Crippen molar-refractivity contribution in [1.29, 1.82) is 0 Å². The van der Waals surface area contributed by atoms with Crippen molar-refractivity contribution >= 4 is 11.9 Å². The maximum atomic E-state index is 12.7. The summed E-state index contributed by atoms with van der Waals surface area (Å²) in [7, 11) is -1.11. The van der Waals surface area contributed by atoms with Gasteiger partial charge in [-0.25, -0.2) is 0 Å². The first kappa shape index (κ1) is 7.51. The van der Waals surface area contributed by atoms with Crippen LogP contribution >= 0.6 is 0 Å². The summed E-state index contributed by atoms with van der Waals surface area (Å²) in [6.45, 7) is 0. The van der Waals surface area contributed by atoms with E-state index in [0.717, 1.165) is 37.0 Å². The van der Waals surface area contributed by atoms with Crippen LogP contribution in [0.25, 0.3) is 0 Å². The molecule has 0 aromatic rings. The Morgan fingerprint density at radius 3 is 1.32 bits per heavy atom. The standard InChI is InChI=1S/2C7H7O2.V/c2*1-9-7(8)6-4-2-3-5-6;/h2*2-5H,1H3;. The van der Waals surface area contributed by atoms with Gasteiger partial charge in [-0.15, -0.1) is 0 Å². The third-order valence-electron chi connectivity index (χ3n) is 19.4. The summed E-state index contributed by atoms with van der Waals surface area (Å²) in [5, 5.41) is 0. The van der Waals surface area contributed by atoms with Crippen molar-refractivity contribution < 1.29 is 26.3 Å². The van der Waals surface area contributed by atoms with Crippen LogP contribution in [0.1, 0.15) is 0 Å². The van der Waals surface area contributed by atoms with Crippen LogP contribution in [0.3, 0.4) is 0 Å². The van der Waals surface area contributed by atoms with Crippen molar-refractivity contribution in [3.05, 3.63) is 0 Å². The van der Waals surface area contributed by atoms with E-state index >= 15 is 0 Å². The van der Waals surface area contributed by atoms with E-state index in [4.69, 9.17) is 9.47 Å². The molecule has 19 heavy (non-hydrogen) atoms. The van der Waals surface area contributed by atoms with Crippen molar-refractivity contribution in [2.75, 3.05) is 14.2 Å². The molecule has 0 aromatic heterocycles. The molecule has 10 rings (SSSR count). The second-order valence-corrected chi connectivity index (χ2v) is 42.1.